The SMILES string of the molecule is CCC[CH2][Sn]([CH2]CCC)([CH2]CCC)[c]1ccc2nc(NC(=O)[C@@H]3C[C@@H]3F)sc2n1. The fraction of sp³-hybridized carbons (Fsp3) is 0.682. The van der Waals surface area contributed by atoms with Gasteiger partial charge in [-0.3, -0.25) is 0 Å². The average molecular weight is 526 g/mol. The van der Waals surface area contributed by atoms with Crippen molar-refractivity contribution in [2.75, 3.05) is 5.32 Å². The Kier molecular flexibility index (Phi) is 8.31. The molecule has 0 saturated heterocycles. The van der Waals surface area contributed by atoms with Crippen LogP contribution in [0.3, 0.4) is 0 Å². The second-order valence-electron chi connectivity index (χ2n) is 8.48. The zero-order valence-corrected chi connectivity index (χ0v) is 21.6. The maximum absolute atomic E-state index is 13.1. The van der Waals surface area contributed by atoms with Gasteiger partial charge in [-0.05, 0) is 0 Å². The third-order valence-electron chi connectivity index (χ3n) is 6.11. The number of unbranched alkanes of at least 4 members (excludes halogenated alkanes) is 3. The summed E-state index contributed by atoms with van der Waals surface area (Å²) >= 11 is -1.14. The Balaban J connectivity index is 1.87. The first-order valence-electron chi connectivity index (χ1n) is 11.3. The number of alkyl halides is 1. The minimum atomic E-state index is -2.57. The van der Waals surface area contributed by atoms with Crippen LogP contribution in [0, 0.1) is 5.92 Å². The van der Waals surface area contributed by atoms with Crippen molar-refractivity contribution in [1.29, 1.82) is 0 Å². The zero-order chi connectivity index (χ0) is 20.9. The molecule has 0 bridgehead atoms. The Morgan fingerprint density at radius 3 is 2.21 bits per heavy atom. The van der Waals surface area contributed by atoms with E-state index in [1.807, 2.05) is 0 Å². The molecule has 1 aliphatic carbocycles. The van der Waals surface area contributed by atoms with Crippen molar-refractivity contribution in [3.05, 3.63) is 12.1 Å². The number of fused-ring (bicyclic) bond motifs is 1. The van der Waals surface area contributed by atoms with Gasteiger partial charge in [-0.1, -0.05) is 0 Å². The molecule has 0 unspecified atom stereocenters. The Morgan fingerprint density at radius 1 is 1.10 bits per heavy atom. The van der Waals surface area contributed by atoms with Gasteiger partial charge >= 0.3 is 183 Å². The Labute approximate surface area is 182 Å². The number of hydrogen-bond donors (Lipinski definition) is 1. The van der Waals surface area contributed by atoms with Crippen LogP contribution in [0.4, 0.5) is 9.52 Å². The molecule has 2 aromatic heterocycles. The van der Waals surface area contributed by atoms with Gasteiger partial charge in [0.25, 0.3) is 0 Å². The van der Waals surface area contributed by atoms with Gasteiger partial charge in [-0.25, -0.2) is 0 Å². The Hall–Kier alpha value is -0.761. The molecule has 1 N–H and O–H groups in total. The molecule has 0 spiro atoms. The van der Waals surface area contributed by atoms with Crippen molar-refractivity contribution in [1.82, 2.24) is 9.97 Å². The number of hydrogen-bond acceptors (Lipinski definition) is 4. The van der Waals surface area contributed by atoms with E-state index in [1.165, 1.54) is 66.9 Å². The first-order chi connectivity index (χ1) is 14.0. The van der Waals surface area contributed by atoms with Crippen LogP contribution in [0.2, 0.25) is 13.3 Å². The number of rotatable bonds is 12. The fourth-order valence-corrected chi connectivity index (χ4v) is 20.6. The minimum absolute atomic E-state index is 0.251. The van der Waals surface area contributed by atoms with Crippen molar-refractivity contribution >= 4 is 54.8 Å². The second kappa shape index (κ2) is 10.5. The van der Waals surface area contributed by atoms with Crippen molar-refractivity contribution in [2.45, 2.75) is 85.2 Å². The van der Waals surface area contributed by atoms with E-state index < -0.39 is 30.5 Å². The van der Waals surface area contributed by atoms with Gasteiger partial charge in [0.15, 0.2) is 0 Å². The first-order valence-corrected chi connectivity index (χ1v) is 19.6. The number of nitrogens with one attached hydrogen (secondary N) is 1. The van der Waals surface area contributed by atoms with Gasteiger partial charge in [0.1, 0.15) is 0 Å². The molecule has 2 atom stereocenters. The molecule has 2 heterocycles. The van der Waals surface area contributed by atoms with Crippen LogP contribution in [-0.4, -0.2) is 40.4 Å². The molecule has 0 aliphatic heterocycles. The van der Waals surface area contributed by atoms with Crippen LogP contribution in [0.25, 0.3) is 10.3 Å². The van der Waals surface area contributed by atoms with Crippen molar-refractivity contribution in [2.24, 2.45) is 5.92 Å². The summed E-state index contributed by atoms with van der Waals surface area (Å²) in [7, 11) is 0. The van der Waals surface area contributed by atoms with Gasteiger partial charge in [0, 0.05) is 0 Å². The molecule has 7 heteroatoms. The topological polar surface area (TPSA) is 54.9 Å². The molecule has 3 rings (SSSR count). The van der Waals surface area contributed by atoms with Crippen LogP contribution < -0.4 is 9.03 Å². The normalized spacial score (nSPS) is 18.9. The molecular weight excluding hydrogens is 492 g/mol. The maximum atomic E-state index is 13.1. The molecule has 1 saturated carbocycles. The van der Waals surface area contributed by atoms with Crippen LogP contribution in [0.1, 0.15) is 65.7 Å². The predicted molar refractivity (Wildman–Crippen MR) is 124 cm³/mol. The monoisotopic (exact) mass is 527 g/mol. The standard InChI is InChI=1S/C10H7FN3OS.3C4H9.Sn/c11-6-4-5(6)8(15)14-10-13-7-2-1-3-12-9(7)16-10;3*1-3-4-2;/h1-2,5-6H,4H2,(H,13,14,15);3*1,3-4H2,2H3;/t5-,6+;;;;/m1..../s1. The van der Waals surface area contributed by atoms with Crippen LogP contribution >= 0.6 is 11.3 Å². The summed E-state index contributed by atoms with van der Waals surface area (Å²) < 4.78 is 18.7. The summed E-state index contributed by atoms with van der Waals surface area (Å²) in [6.07, 6.45) is 6.99. The van der Waals surface area contributed by atoms with E-state index >= 15 is 0 Å². The number of carbonyl (C=O) groups is 1. The predicted octanol–water partition coefficient (Wildman–Crippen LogP) is 6.04. The van der Waals surface area contributed by atoms with E-state index in [4.69, 9.17) is 4.98 Å². The molecule has 1 aliphatic rings. The van der Waals surface area contributed by atoms with Crippen LogP contribution in [0.15, 0.2) is 12.1 Å². The van der Waals surface area contributed by atoms with E-state index in [9.17, 15) is 9.18 Å². The van der Waals surface area contributed by atoms with Gasteiger partial charge in [-0.2, -0.15) is 0 Å². The number of halogens is 1. The van der Waals surface area contributed by atoms with Crippen LogP contribution in [0.5, 0.6) is 0 Å². The summed E-state index contributed by atoms with van der Waals surface area (Å²) in [5.41, 5.74) is 0.836. The molecule has 1 fully saturated rings. The number of nitrogens with zero attached hydrogens (tertiary/aromatic N) is 2. The Bertz CT molecular complexity index is 806. The second-order valence-corrected chi connectivity index (χ2v) is 22.5. The molecule has 0 radical (unpaired) electrons. The summed E-state index contributed by atoms with van der Waals surface area (Å²) in [4.78, 5) is 22.6. The summed E-state index contributed by atoms with van der Waals surface area (Å²) in [5, 5.41) is 3.34. The zero-order valence-electron chi connectivity index (χ0n) is 18.0. The van der Waals surface area contributed by atoms with Crippen molar-refractivity contribution in [3.63, 3.8) is 0 Å². The molecule has 29 heavy (non-hydrogen) atoms. The van der Waals surface area contributed by atoms with Gasteiger partial charge in [0.05, 0.1) is 0 Å². The number of amides is 1. The summed E-state index contributed by atoms with van der Waals surface area (Å²) in [5.74, 6) is -0.745. The summed E-state index contributed by atoms with van der Waals surface area (Å²) in [6.45, 7) is 6.85. The van der Waals surface area contributed by atoms with Gasteiger partial charge < -0.3 is 0 Å². The number of thiazole rings is 1. The number of pyridine rings is 1. The number of carbonyl (C=O) groups excluding carboxylic acids is 1. The average Bonchev–Trinajstić information content (AvgIpc) is 3.32. The molecule has 160 valence electrons. The van der Waals surface area contributed by atoms with Gasteiger partial charge in [-0.15, -0.1) is 0 Å². The van der Waals surface area contributed by atoms with Crippen molar-refractivity contribution < 1.29 is 9.18 Å². The quantitative estimate of drug-likeness (QED) is 0.343. The van der Waals surface area contributed by atoms with Gasteiger partial charge in [0.2, 0.25) is 0 Å². The number of anilines is 1. The van der Waals surface area contributed by atoms with E-state index in [2.05, 4.69) is 43.2 Å². The summed E-state index contributed by atoms with van der Waals surface area (Å²) in [6, 6.07) is 4.33. The molecular formula is C22H34FN3OSSn. The molecule has 4 nitrogen and oxygen atoms in total. The van der Waals surface area contributed by atoms with Crippen molar-refractivity contribution in [3.8, 4) is 0 Å². The number of aromatic nitrogens is 2. The molecule has 1 amide bonds. The fourth-order valence-electron chi connectivity index (χ4n) is 4.10. The molecule has 2 aromatic rings. The van der Waals surface area contributed by atoms with E-state index in [-0.39, 0.29) is 5.91 Å². The van der Waals surface area contributed by atoms with E-state index in [0.29, 0.717) is 11.6 Å². The van der Waals surface area contributed by atoms with E-state index in [1.54, 1.807) is 0 Å². The first kappa shape index (κ1) is 22.9. The van der Waals surface area contributed by atoms with E-state index in [0.717, 1.165) is 10.3 Å². The third kappa shape index (κ3) is 5.69. The van der Waals surface area contributed by atoms with Crippen LogP contribution in [-0.2, 0) is 4.79 Å². The Morgan fingerprint density at radius 2 is 1.69 bits per heavy atom. The third-order valence-corrected chi connectivity index (χ3v) is 22.1. The molecule has 0 aromatic carbocycles.